The summed E-state index contributed by atoms with van der Waals surface area (Å²) in [6.45, 7) is 6.60. The summed E-state index contributed by atoms with van der Waals surface area (Å²) in [6, 6.07) is 15.9. The number of nitrogens with zero attached hydrogens (tertiary/aromatic N) is 1. The first-order valence-electron chi connectivity index (χ1n) is 8.51. The number of rotatable bonds is 5. The minimum absolute atomic E-state index is 0. The molecule has 144 valence electrons. The van der Waals surface area contributed by atoms with Crippen molar-refractivity contribution in [3.63, 3.8) is 0 Å². The minimum atomic E-state index is -0.0158. The van der Waals surface area contributed by atoms with Crippen LogP contribution in [0.3, 0.4) is 0 Å². The van der Waals surface area contributed by atoms with Crippen molar-refractivity contribution in [2.75, 3.05) is 12.4 Å². The second kappa shape index (κ2) is 9.09. The molecule has 3 aromatic rings. The zero-order chi connectivity index (χ0) is 18.7. The summed E-state index contributed by atoms with van der Waals surface area (Å²) in [5.41, 5.74) is 3.35. The molecule has 1 heterocycles. The molecule has 27 heavy (non-hydrogen) atoms. The maximum Gasteiger partial charge on any atom is 0.187 e. The Morgan fingerprint density at radius 2 is 1.67 bits per heavy atom. The summed E-state index contributed by atoms with van der Waals surface area (Å²) in [5.74, 6) is 0.841. The quantitative estimate of drug-likeness (QED) is 0.438. The fraction of sp³-hybridized carbons (Fsp3) is 0.286. The zero-order valence-corrected chi connectivity index (χ0v) is 19.2. The van der Waals surface area contributed by atoms with Crippen LogP contribution in [0, 0.1) is 0 Å². The van der Waals surface area contributed by atoms with Crippen LogP contribution >= 0.6 is 39.9 Å². The molecule has 0 atom stereocenters. The number of benzene rings is 2. The van der Waals surface area contributed by atoms with E-state index < -0.39 is 0 Å². The fourth-order valence-corrected chi connectivity index (χ4v) is 4.05. The second-order valence-corrected chi connectivity index (χ2v) is 8.72. The number of hydrogen-bond acceptors (Lipinski definition) is 4. The van der Waals surface area contributed by atoms with Gasteiger partial charge in [-0.05, 0) is 42.0 Å². The van der Waals surface area contributed by atoms with Crippen molar-refractivity contribution in [2.45, 2.75) is 32.6 Å². The molecule has 0 saturated carbocycles. The average Bonchev–Trinajstić information content (AvgIpc) is 3.00. The number of aromatic nitrogens is 1. The lowest BCUT2D eigenvalue weighted by Gasteiger charge is -2.17. The summed E-state index contributed by atoms with van der Waals surface area (Å²) in [7, 11) is 1.67. The van der Waals surface area contributed by atoms with Gasteiger partial charge in [0, 0.05) is 27.4 Å². The monoisotopic (exact) mass is 466 g/mol. The van der Waals surface area contributed by atoms with Crippen LogP contribution in [-0.2, 0) is 11.8 Å². The third kappa shape index (κ3) is 5.71. The lowest BCUT2D eigenvalue weighted by molar-refractivity contribution is 0.415. The molecule has 0 spiro atoms. The molecule has 6 heteroatoms. The van der Waals surface area contributed by atoms with E-state index in [4.69, 9.17) is 21.3 Å². The molecule has 1 N–H and O–H groups in total. The lowest BCUT2D eigenvalue weighted by Crippen LogP contribution is -2.14. The number of nitrogens with one attached hydrogen (secondary N) is 1. The Balaban J connectivity index is 0.00000261. The van der Waals surface area contributed by atoms with Crippen molar-refractivity contribution in [2.24, 2.45) is 0 Å². The second-order valence-electron chi connectivity index (χ2n) is 7.20. The van der Waals surface area contributed by atoms with Crippen LogP contribution in [0.25, 0.3) is 0 Å². The van der Waals surface area contributed by atoms with Gasteiger partial charge in [0.25, 0.3) is 0 Å². The smallest absolute Gasteiger partial charge is 0.187 e. The number of hydrogen-bond donors (Lipinski definition) is 1. The number of methoxy groups -OCH3 is 1. The Kier molecular flexibility index (Phi) is 7.32. The van der Waals surface area contributed by atoms with Gasteiger partial charge >= 0.3 is 0 Å². The minimum Gasteiger partial charge on any atom is -0.497 e. The van der Waals surface area contributed by atoms with E-state index in [0.29, 0.717) is 0 Å². The van der Waals surface area contributed by atoms with Crippen molar-refractivity contribution in [3.05, 3.63) is 69.7 Å². The van der Waals surface area contributed by atoms with E-state index in [1.54, 1.807) is 18.4 Å². The number of ether oxygens (including phenoxy) is 1. The molecule has 1 aromatic heterocycles. The Bertz CT molecular complexity index is 871. The van der Waals surface area contributed by atoms with Crippen LogP contribution in [0.15, 0.2) is 48.5 Å². The molecule has 0 aliphatic heterocycles. The van der Waals surface area contributed by atoms with E-state index in [1.807, 2.05) is 36.4 Å². The Hall–Kier alpha value is -1.56. The molecule has 0 bridgehead atoms. The third-order valence-corrected chi connectivity index (χ3v) is 5.25. The van der Waals surface area contributed by atoms with Gasteiger partial charge in [-0.2, -0.15) is 0 Å². The third-order valence-electron chi connectivity index (χ3n) is 4.03. The van der Waals surface area contributed by atoms with E-state index >= 15 is 0 Å². The average molecular weight is 468 g/mol. The van der Waals surface area contributed by atoms with Crippen LogP contribution < -0.4 is 10.1 Å². The molecule has 2 aromatic carbocycles. The molecular formula is C21H24BrClN2OS. The van der Waals surface area contributed by atoms with E-state index in [1.165, 1.54) is 10.4 Å². The Morgan fingerprint density at radius 1 is 1.04 bits per heavy atom. The molecular weight excluding hydrogens is 444 g/mol. The molecule has 3 nitrogen and oxygen atoms in total. The van der Waals surface area contributed by atoms with Crippen LogP contribution in [0.2, 0.25) is 5.02 Å². The Labute approximate surface area is 180 Å². The molecule has 0 aliphatic carbocycles. The van der Waals surface area contributed by atoms with Gasteiger partial charge in [0.2, 0.25) is 0 Å². The molecule has 0 radical (unpaired) electrons. The summed E-state index contributed by atoms with van der Waals surface area (Å²) < 4.78 is 5.21. The number of anilines is 2. The van der Waals surface area contributed by atoms with Gasteiger partial charge in [-0.1, -0.05) is 44.5 Å². The van der Waals surface area contributed by atoms with Crippen molar-refractivity contribution in [1.29, 1.82) is 0 Å². The van der Waals surface area contributed by atoms with Crippen LogP contribution in [0.1, 0.15) is 36.9 Å². The standard InChI is InChI=1S/C21H23ClN2OS.BrH/c1-21(2,3)19-18(13-14-5-7-15(22)8-6-14)26-20(24-19)23-16-9-11-17(25-4)12-10-16;/h5-12H,13H2,1-4H3,(H,23,24);1H. The predicted octanol–water partition coefficient (Wildman–Crippen LogP) is 7.01. The van der Waals surface area contributed by atoms with E-state index in [-0.39, 0.29) is 22.4 Å². The highest BCUT2D eigenvalue weighted by Crippen LogP contribution is 2.35. The molecule has 0 unspecified atom stereocenters. The molecule has 0 aliphatic rings. The first-order chi connectivity index (χ1) is 12.3. The molecule has 0 amide bonds. The summed E-state index contributed by atoms with van der Waals surface area (Å²) in [6.07, 6.45) is 0.853. The normalized spacial score (nSPS) is 11.0. The largest absolute Gasteiger partial charge is 0.497 e. The van der Waals surface area contributed by atoms with E-state index in [9.17, 15) is 0 Å². The summed E-state index contributed by atoms with van der Waals surface area (Å²) >= 11 is 7.71. The highest BCUT2D eigenvalue weighted by Gasteiger charge is 2.23. The molecule has 0 fully saturated rings. The summed E-state index contributed by atoms with van der Waals surface area (Å²) in [5, 5.41) is 5.08. The Morgan fingerprint density at radius 3 is 2.22 bits per heavy atom. The molecule has 0 saturated heterocycles. The summed E-state index contributed by atoms with van der Waals surface area (Å²) in [4.78, 5) is 6.16. The van der Waals surface area contributed by atoms with Gasteiger partial charge in [0.05, 0.1) is 12.8 Å². The first kappa shape index (κ1) is 21.7. The highest BCUT2D eigenvalue weighted by molar-refractivity contribution is 8.93. The fourth-order valence-electron chi connectivity index (χ4n) is 2.70. The number of thiazole rings is 1. The van der Waals surface area contributed by atoms with Gasteiger partial charge in [0.15, 0.2) is 5.13 Å². The van der Waals surface area contributed by atoms with Crippen molar-refractivity contribution >= 4 is 50.7 Å². The van der Waals surface area contributed by atoms with Gasteiger partial charge in [-0.25, -0.2) is 4.98 Å². The van der Waals surface area contributed by atoms with Gasteiger partial charge in [-0.3, -0.25) is 0 Å². The van der Waals surface area contributed by atoms with Gasteiger partial charge in [-0.15, -0.1) is 28.3 Å². The number of halogens is 2. The first-order valence-corrected chi connectivity index (χ1v) is 9.70. The van der Waals surface area contributed by atoms with Gasteiger partial charge in [0.1, 0.15) is 5.75 Å². The zero-order valence-electron chi connectivity index (χ0n) is 15.9. The van der Waals surface area contributed by atoms with E-state index in [2.05, 4.69) is 38.2 Å². The van der Waals surface area contributed by atoms with Gasteiger partial charge < -0.3 is 10.1 Å². The topological polar surface area (TPSA) is 34.1 Å². The molecule has 3 rings (SSSR count). The SMILES string of the molecule is Br.COc1ccc(Nc2nc(C(C)(C)C)c(Cc3ccc(Cl)cc3)s2)cc1. The van der Waals surface area contributed by atoms with Crippen LogP contribution in [0.5, 0.6) is 5.75 Å². The highest BCUT2D eigenvalue weighted by atomic mass is 79.9. The van der Waals surface area contributed by atoms with Crippen molar-refractivity contribution < 1.29 is 4.74 Å². The maximum atomic E-state index is 6.01. The van der Waals surface area contributed by atoms with Crippen molar-refractivity contribution in [1.82, 2.24) is 4.98 Å². The van der Waals surface area contributed by atoms with E-state index in [0.717, 1.165) is 33.7 Å². The van der Waals surface area contributed by atoms with Crippen molar-refractivity contribution in [3.8, 4) is 5.75 Å². The van der Waals surface area contributed by atoms with Crippen LogP contribution in [-0.4, -0.2) is 12.1 Å². The maximum absolute atomic E-state index is 6.01. The lowest BCUT2D eigenvalue weighted by atomic mass is 9.90. The van der Waals surface area contributed by atoms with Crippen LogP contribution in [0.4, 0.5) is 10.8 Å². The predicted molar refractivity (Wildman–Crippen MR) is 122 cm³/mol.